The minimum absolute atomic E-state index is 0.342. The molecule has 5 atom stereocenters. The van der Waals surface area contributed by atoms with E-state index in [-0.39, 0.29) is 0 Å². The van der Waals surface area contributed by atoms with Gasteiger partial charge in [-0.1, -0.05) is 152 Å². The Balaban J connectivity index is 1.32. The second kappa shape index (κ2) is 16.3. The third kappa shape index (κ3) is 8.76. The Morgan fingerprint density at radius 1 is 0.400 bits per heavy atom. The highest BCUT2D eigenvalue weighted by Gasteiger charge is 2.49. The monoisotopic (exact) mass is 600 g/mol. The highest BCUT2D eigenvalue weighted by atomic mass is 16.6. The summed E-state index contributed by atoms with van der Waals surface area (Å²) in [6.45, 7) is 2.07. The standard InChI is InChI=1S/C40H40O5/c1-6-16-31(17-7-1)26-41-30-36-38(42-27-32-18-8-2-9-19-32)40(44-29-34-22-12-4-13-23-34)39(43-28-33-20-10-3-11-21-33)37(45-36)35-24-14-5-15-25-35/h1-25,36-40H,26-30H2/t36-,37-,38+,39+,40+/m1/s1. The maximum absolute atomic E-state index is 6.94. The van der Waals surface area contributed by atoms with Crippen LogP contribution in [0.3, 0.4) is 0 Å². The van der Waals surface area contributed by atoms with Gasteiger partial charge in [0.2, 0.25) is 0 Å². The molecule has 230 valence electrons. The van der Waals surface area contributed by atoms with Gasteiger partial charge in [0.1, 0.15) is 30.5 Å². The summed E-state index contributed by atoms with van der Waals surface area (Å²) in [5, 5.41) is 0. The van der Waals surface area contributed by atoms with Crippen LogP contribution in [-0.2, 0) is 50.1 Å². The van der Waals surface area contributed by atoms with Gasteiger partial charge in [-0.05, 0) is 27.8 Å². The Morgan fingerprint density at radius 3 is 1.24 bits per heavy atom. The third-order valence-electron chi connectivity index (χ3n) is 8.01. The van der Waals surface area contributed by atoms with Crippen LogP contribution in [0.25, 0.3) is 0 Å². The van der Waals surface area contributed by atoms with Gasteiger partial charge in [-0.15, -0.1) is 0 Å². The maximum atomic E-state index is 6.94. The molecule has 5 aromatic rings. The maximum Gasteiger partial charge on any atom is 0.117 e. The lowest BCUT2D eigenvalue weighted by molar-refractivity contribution is -0.275. The van der Waals surface area contributed by atoms with Crippen LogP contribution in [-0.4, -0.2) is 31.0 Å². The lowest BCUT2D eigenvalue weighted by Crippen LogP contribution is -2.58. The minimum atomic E-state index is -0.453. The van der Waals surface area contributed by atoms with Crippen molar-refractivity contribution in [3.8, 4) is 0 Å². The fourth-order valence-corrected chi connectivity index (χ4v) is 5.70. The number of hydrogen-bond donors (Lipinski definition) is 0. The molecule has 45 heavy (non-hydrogen) atoms. The quantitative estimate of drug-likeness (QED) is 0.129. The average Bonchev–Trinajstić information content (AvgIpc) is 3.11. The van der Waals surface area contributed by atoms with Gasteiger partial charge in [-0.25, -0.2) is 0 Å². The van der Waals surface area contributed by atoms with Crippen molar-refractivity contribution in [3.63, 3.8) is 0 Å². The third-order valence-corrected chi connectivity index (χ3v) is 8.01. The molecule has 1 aliphatic heterocycles. The van der Waals surface area contributed by atoms with E-state index in [0.717, 1.165) is 27.8 Å². The molecule has 0 aliphatic carbocycles. The Kier molecular flexibility index (Phi) is 11.2. The first kappa shape index (κ1) is 30.9. The summed E-state index contributed by atoms with van der Waals surface area (Å²) in [6.07, 6.45) is -2.13. The SMILES string of the molecule is c1ccc(COC[C@H]2O[C@H](c3ccccc3)[C@H](OCc3ccccc3)[C@@H](OCc3ccccc3)[C@H]2OCc2ccccc2)cc1. The Morgan fingerprint density at radius 2 is 0.778 bits per heavy atom. The predicted octanol–water partition coefficient (Wildman–Crippen LogP) is 8.10. The lowest BCUT2D eigenvalue weighted by Gasteiger charge is -2.46. The average molecular weight is 601 g/mol. The fourth-order valence-electron chi connectivity index (χ4n) is 5.70. The van der Waals surface area contributed by atoms with Gasteiger partial charge in [0, 0.05) is 0 Å². The first-order chi connectivity index (χ1) is 22.3. The zero-order chi connectivity index (χ0) is 30.5. The van der Waals surface area contributed by atoms with E-state index in [2.05, 4.69) is 60.7 Å². The van der Waals surface area contributed by atoms with E-state index in [9.17, 15) is 0 Å². The molecule has 1 aliphatic rings. The van der Waals surface area contributed by atoms with Crippen molar-refractivity contribution in [2.45, 2.75) is 56.9 Å². The van der Waals surface area contributed by atoms with E-state index in [0.29, 0.717) is 33.0 Å². The zero-order valence-corrected chi connectivity index (χ0v) is 25.4. The summed E-state index contributed by atoms with van der Waals surface area (Å²) < 4.78 is 33.6. The van der Waals surface area contributed by atoms with E-state index in [1.54, 1.807) is 0 Å². The van der Waals surface area contributed by atoms with Gasteiger partial charge in [0.05, 0.1) is 33.0 Å². The van der Waals surface area contributed by atoms with Crippen LogP contribution in [0.2, 0.25) is 0 Å². The van der Waals surface area contributed by atoms with Gasteiger partial charge < -0.3 is 23.7 Å². The topological polar surface area (TPSA) is 46.2 Å². The molecule has 0 saturated carbocycles. The summed E-state index contributed by atoms with van der Waals surface area (Å²) in [6, 6.07) is 51.1. The van der Waals surface area contributed by atoms with E-state index in [1.165, 1.54) is 0 Å². The van der Waals surface area contributed by atoms with Crippen LogP contribution in [0.15, 0.2) is 152 Å². The largest absolute Gasteiger partial charge is 0.374 e. The Labute approximate surface area is 266 Å². The first-order valence-corrected chi connectivity index (χ1v) is 15.6. The van der Waals surface area contributed by atoms with Crippen molar-refractivity contribution in [2.24, 2.45) is 0 Å². The fraction of sp³-hybridized carbons (Fsp3) is 0.250. The highest BCUT2D eigenvalue weighted by Crippen LogP contribution is 2.38. The molecule has 0 unspecified atom stereocenters. The van der Waals surface area contributed by atoms with Crippen molar-refractivity contribution < 1.29 is 23.7 Å². The van der Waals surface area contributed by atoms with Gasteiger partial charge in [-0.3, -0.25) is 0 Å². The number of benzene rings is 5. The molecule has 1 heterocycles. The van der Waals surface area contributed by atoms with Crippen LogP contribution in [0, 0.1) is 0 Å². The van der Waals surface area contributed by atoms with Crippen molar-refractivity contribution in [2.75, 3.05) is 6.61 Å². The van der Waals surface area contributed by atoms with Crippen LogP contribution >= 0.6 is 0 Å². The number of rotatable bonds is 14. The molecule has 0 amide bonds. The second-order valence-corrected chi connectivity index (χ2v) is 11.3. The van der Waals surface area contributed by atoms with Gasteiger partial charge in [-0.2, -0.15) is 0 Å². The second-order valence-electron chi connectivity index (χ2n) is 11.3. The molecule has 1 fully saturated rings. The number of hydrogen-bond acceptors (Lipinski definition) is 5. The van der Waals surface area contributed by atoms with E-state index < -0.39 is 30.5 Å². The van der Waals surface area contributed by atoms with E-state index in [1.807, 2.05) is 91.0 Å². The Hall–Kier alpha value is -4.10. The highest BCUT2D eigenvalue weighted by molar-refractivity contribution is 5.22. The van der Waals surface area contributed by atoms with Crippen molar-refractivity contribution in [1.29, 1.82) is 0 Å². The van der Waals surface area contributed by atoms with Crippen molar-refractivity contribution in [1.82, 2.24) is 0 Å². The van der Waals surface area contributed by atoms with Gasteiger partial charge in [0.25, 0.3) is 0 Å². The molecule has 1 saturated heterocycles. The summed E-state index contributed by atoms with van der Waals surface area (Å²) in [4.78, 5) is 0. The molecule has 0 N–H and O–H groups in total. The molecular weight excluding hydrogens is 560 g/mol. The summed E-state index contributed by atoms with van der Waals surface area (Å²) in [7, 11) is 0. The zero-order valence-electron chi connectivity index (χ0n) is 25.4. The molecule has 5 heteroatoms. The van der Waals surface area contributed by atoms with E-state index >= 15 is 0 Å². The van der Waals surface area contributed by atoms with Crippen LogP contribution in [0.1, 0.15) is 33.9 Å². The molecule has 0 radical (unpaired) electrons. The summed E-state index contributed by atoms with van der Waals surface area (Å²) in [5.74, 6) is 0. The van der Waals surface area contributed by atoms with E-state index in [4.69, 9.17) is 23.7 Å². The summed E-state index contributed by atoms with van der Waals surface area (Å²) >= 11 is 0. The summed E-state index contributed by atoms with van der Waals surface area (Å²) in [5.41, 5.74) is 5.38. The minimum Gasteiger partial charge on any atom is -0.374 e. The number of ether oxygens (including phenoxy) is 5. The first-order valence-electron chi connectivity index (χ1n) is 15.6. The molecule has 0 bridgehead atoms. The molecule has 6 rings (SSSR count). The molecule has 5 nitrogen and oxygen atoms in total. The molecule has 0 aromatic heterocycles. The lowest BCUT2D eigenvalue weighted by atomic mass is 9.90. The molecule has 0 spiro atoms. The molecule has 5 aromatic carbocycles. The Bertz CT molecular complexity index is 1520. The smallest absolute Gasteiger partial charge is 0.117 e. The normalized spacial score (nSPS) is 21.4. The van der Waals surface area contributed by atoms with Gasteiger partial charge in [0.15, 0.2) is 0 Å². The van der Waals surface area contributed by atoms with Crippen molar-refractivity contribution in [3.05, 3.63) is 179 Å². The van der Waals surface area contributed by atoms with Gasteiger partial charge >= 0.3 is 0 Å². The predicted molar refractivity (Wildman–Crippen MR) is 175 cm³/mol. The van der Waals surface area contributed by atoms with Crippen molar-refractivity contribution >= 4 is 0 Å². The van der Waals surface area contributed by atoms with Crippen LogP contribution in [0.5, 0.6) is 0 Å². The van der Waals surface area contributed by atoms with Crippen LogP contribution < -0.4 is 0 Å². The van der Waals surface area contributed by atoms with Crippen LogP contribution in [0.4, 0.5) is 0 Å². The molecular formula is C40H40O5.